The lowest BCUT2D eigenvalue weighted by Gasteiger charge is -2.17. The number of nitrogens with one attached hydrogen (secondary N) is 2. The van der Waals surface area contributed by atoms with Gasteiger partial charge in [-0.05, 0) is 32.3 Å². The average molecular weight is 199 g/mol. The lowest BCUT2D eigenvalue weighted by Crippen LogP contribution is -2.34. The summed E-state index contributed by atoms with van der Waals surface area (Å²) < 4.78 is 0. The Morgan fingerprint density at radius 3 is 2.57 bits per heavy atom. The summed E-state index contributed by atoms with van der Waals surface area (Å²) in [7, 11) is 0. The van der Waals surface area contributed by atoms with Gasteiger partial charge >= 0.3 is 6.03 Å². The van der Waals surface area contributed by atoms with Crippen LogP contribution in [0.3, 0.4) is 0 Å². The van der Waals surface area contributed by atoms with Gasteiger partial charge in [0.25, 0.3) is 0 Å². The maximum absolute atomic E-state index is 10.9. The second kappa shape index (κ2) is 8.56. The van der Waals surface area contributed by atoms with Crippen LogP contribution in [0.1, 0.15) is 20.3 Å². The summed E-state index contributed by atoms with van der Waals surface area (Å²) in [4.78, 5) is 13.2. The van der Waals surface area contributed by atoms with E-state index in [0.29, 0.717) is 6.54 Å². The average Bonchev–Trinajstić information content (AvgIpc) is 2.19. The smallest absolute Gasteiger partial charge is 0.318 e. The molecule has 0 aromatic rings. The first-order valence-electron chi connectivity index (χ1n) is 5.12. The highest BCUT2D eigenvalue weighted by Crippen LogP contribution is 1.88. The molecule has 0 aliphatic carbocycles. The molecule has 0 aromatic heterocycles. The summed E-state index contributed by atoms with van der Waals surface area (Å²) in [6, 6.07) is -0.181. The molecule has 0 fully saturated rings. The molecule has 0 saturated carbocycles. The zero-order valence-electron chi connectivity index (χ0n) is 9.18. The molecule has 2 N–H and O–H groups in total. The number of nitrogens with zero attached hydrogens (tertiary/aromatic N) is 1. The summed E-state index contributed by atoms with van der Waals surface area (Å²) in [5.41, 5.74) is 0. The van der Waals surface area contributed by atoms with E-state index in [2.05, 4.69) is 36.0 Å². The predicted molar refractivity (Wildman–Crippen MR) is 59.1 cm³/mol. The van der Waals surface area contributed by atoms with Crippen LogP contribution < -0.4 is 10.6 Å². The molecule has 0 heterocycles. The predicted octanol–water partition coefficient (Wildman–Crippen LogP) is 1.16. The van der Waals surface area contributed by atoms with Crippen molar-refractivity contribution in [3.63, 3.8) is 0 Å². The van der Waals surface area contributed by atoms with Crippen molar-refractivity contribution < 1.29 is 4.79 Å². The quantitative estimate of drug-likeness (QED) is 0.604. The molecule has 82 valence electrons. The van der Waals surface area contributed by atoms with Crippen molar-refractivity contribution in [1.82, 2.24) is 15.5 Å². The van der Waals surface area contributed by atoms with Gasteiger partial charge in [0.2, 0.25) is 0 Å². The molecule has 0 radical (unpaired) electrons. The molecule has 0 bridgehead atoms. The Morgan fingerprint density at radius 1 is 1.43 bits per heavy atom. The molecule has 2 amide bonds. The van der Waals surface area contributed by atoms with Crippen LogP contribution in [0.2, 0.25) is 0 Å². The van der Waals surface area contributed by atoms with Gasteiger partial charge in [0.1, 0.15) is 0 Å². The van der Waals surface area contributed by atoms with E-state index in [-0.39, 0.29) is 6.03 Å². The third-order valence-electron chi connectivity index (χ3n) is 2.06. The molecular weight excluding hydrogens is 178 g/mol. The minimum absolute atomic E-state index is 0.181. The molecule has 4 heteroatoms. The van der Waals surface area contributed by atoms with Gasteiger partial charge in [0, 0.05) is 6.54 Å². The van der Waals surface area contributed by atoms with Gasteiger partial charge in [0.05, 0.1) is 0 Å². The van der Waals surface area contributed by atoms with Crippen molar-refractivity contribution in [2.75, 3.05) is 26.2 Å². The van der Waals surface area contributed by atoms with Gasteiger partial charge < -0.3 is 15.5 Å². The molecular formula is C10H21N3O. The standard InChI is InChI=1S/C10H21N3O/c1-4-11-10(14)12-8-7-9-13(5-2)6-3/h4H,1,5-9H2,2-3H3,(H2,11,12,14). The third kappa shape index (κ3) is 6.48. The van der Waals surface area contributed by atoms with Crippen molar-refractivity contribution in [3.8, 4) is 0 Å². The van der Waals surface area contributed by atoms with Gasteiger partial charge in [0.15, 0.2) is 0 Å². The lowest BCUT2D eigenvalue weighted by atomic mass is 10.3. The van der Waals surface area contributed by atoms with E-state index in [9.17, 15) is 4.79 Å². The number of amides is 2. The normalized spacial score (nSPS) is 9.93. The van der Waals surface area contributed by atoms with Crippen LogP contribution in [-0.2, 0) is 0 Å². The largest absolute Gasteiger partial charge is 0.338 e. The van der Waals surface area contributed by atoms with Gasteiger partial charge in [-0.25, -0.2) is 4.79 Å². The molecule has 0 atom stereocenters. The second-order valence-electron chi connectivity index (χ2n) is 2.98. The van der Waals surface area contributed by atoms with Gasteiger partial charge in [-0.15, -0.1) is 0 Å². The summed E-state index contributed by atoms with van der Waals surface area (Å²) in [6.07, 6.45) is 2.35. The van der Waals surface area contributed by atoms with Crippen molar-refractivity contribution >= 4 is 6.03 Å². The number of rotatable bonds is 7. The zero-order valence-corrected chi connectivity index (χ0v) is 9.18. The first-order chi connectivity index (χ1) is 6.74. The van der Waals surface area contributed by atoms with E-state index >= 15 is 0 Å². The van der Waals surface area contributed by atoms with Crippen LogP contribution in [-0.4, -0.2) is 37.1 Å². The zero-order chi connectivity index (χ0) is 10.8. The fourth-order valence-corrected chi connectivity index (χ4v) is 1.19. The Hall–Kier alpha value is -1.03. The fourth-order valence-electron chi connectivity index (χ4n) is 1.19. The lowest BCUT2D eigenvalue weighted by molar-refractivity contribution is 0.242. The van der Waals surface area contributed by atoms with E-state index in [0.717, 1.165) is 26.1 Å². The highest BCUT2D eigenvalue weighted by Gasteiger charge is 1.99. The van der Waals surface area contributed by atoms with Gasteiger partial charge in [-0.3, -0.25) is 0 Å². The molecule has 14 heavy (non-hydrogen) atoms. The molecule has 0 aromatic carbocycles. The number of hydrogen-bond acceptors (Lipinski definition) is 2. The van der Waals surface area contributed by atoms with Crippen LogP contribution in [0.25, 0.3) is 0 Å². The molecule has 4 nitrogen and oxygen atoms in total. The van der Waals surface area contributed by atoms with Crippen LogP contribution in [0.5, 0.6) is 0 Å². The summed E-state index contributed by atoms with van der Waals surface area (Å²) in [5, 5.41) is 5.20. The summed E-state index contributed by atoms with van der Waals surface area (Å²) in [6.45, 7) is 11.5. The Kier molecular flexibility index (Phi) is 7.93. The van der Waals surface area contributed by atoms with Gasteiger partial charge in [-0.2, -0.15) is 0 Å². The summed E-state index contributed by atoms with van der Waals surface area (Å²) in [5.74, 6) is 0. The van der Waals surface area contributed by atoms with E-state index in [1.807, 2.05) is 0 Å². The SMILES string of the molecule is C=CNC(=O)NCCCN(CC)CC. The number of urea groups is 1. The van der Waals surface area contributed by atoms with E-state index in [1.165, 1.54) is 6.20 Å². The topological polar surface area (TPSA) is 44.4 Å². The van der Waals surface area contributed by atoms with Crippen LogP contribution in [0.4, 0.5) is 4.79 Å². The first-order valence-corrected chi connectivity index (χ1v) is 5.12. The van der Waals surface area contributed by atoms with Crippen molar-refractivity contribution in [1.29, 1.82) is 0 Å². The highest BCUT2D eigenvalue weighted by atomic mass is 16.2. The van der Waals surface area contributed by atoms with Crippen LogP contribution >= 0.6 is 0 Å². The molecule has 0 aliphatic rings. The molecule has 0 spiro atoms. The minimum atomic E-state index is -0.181. The monoisotopic (exact) mass is 199 g/mol. The van der Waals surface area contributed by atoms with Gasteiger partial charge in [-0.1, -0.05) is 20.4 Å². The number of hydrogen-bond donors (Lipinski definition) is 2. The summed E-state index contributed by atoms with van der Waals surface area (Å²) >= 11 is 0. The van der Waals surface area contributed by atoms with Crippen molar-refractivity contribution in [2.24, 2.45) is 0 Å². The molecule has 0 unspecified atom stereocenters. The van der Waals surface area contributed by atoms with Crippen LogP contribution in [0.15, 0.2) is 12.8 Å². The van der Waals surface area contributed by atoms with E-state index < -0.39 is 0 Å². The molecule has 0 rings (SSSR count). The molecule has 0 aliphatic heterocycles. The third-order valence-corrected chi connectivity index (χ3v) is 2.06. The Balaban J connectivity index is 3.36. The Bertz CT molecular complexity index is 167. The minimum Gasteiger partial charge on any atom is -0.338 e. The Labute approximate surface area is 86.4 Å². The van der Waals surface area contributed by atoms with E-state index in [1.54, 1.807) is 0 Å². The highest BCUT2D eigenvalue weighted by molar-refractivity contribution is 5.74. The maximum Gasteiger partial charge on any atom is 0.318 e. The van der Waals surface area contributed by atoms with Crippen molar-refractivity contribution in [3.05, 3.63) is 12.8 Å². The fraction of sp³-hybridized carbons (Fsp3) is 0.700. The maximum atomic E-state index is 10.9. The molecule has 0 saturated heterocycles. The van der Waals surface area contributed by atoms with Crippen LogP contribution in [0, 0.1) is 0 Å². The number of carbonyl (C=O) groups is 1. The number of carbonyl (C=O) groups excluding carboxylic acids is 1. The van der Waals surface area contributed by atoms with E-state index in [4.69, 9.17) is 0 Å². The first kappa shape index (κ1) is 13.0. The second-order valence-corrected chi connectivity index (χ2v) is 2.98. The Morgan fingerprint density at radius 2 is 2.07 bits per heavy atom. The van der Waals surface area contributed by atoms with Crippen molar-refractivity contribution in [2.45, 2.75) is 20.3 Å².